The van der Waals surface area contributed by atoms with E-state index >= 15 is 0 Å². The van der Waals surface area contributed by atoms with E-state index in [-0.39, 0.29) is 5.57 Å². The van der Waals surface area contributed by atoms with Crippen molar-refractivity contribution in [2.75, 3.05) is 7.11 Å². The van der Waals surface area contributed by atoms with Crippen molar-refractivity contribution in [2.24, 2.45) is 7.05 Å². The lowest BCUT2D eigenvalue weighted by Crippen LogP contribution is -1.99. The topological polar surface area (TPSA) is 68.5 Å². The molecular weight excluding hydrogens is 198 g/mol. The van der Waals surface area contributed by atoms with Crippen molar-refractivity contribution >= 4 is 17.8 Å². The first-order chi connectivity index (χ1) is 7.10. The molecular formula is C10H11NO4. The molecule has 1 N–H and O–H groups in total. The lowest BCUT2D eigenvalue weighted by Gasteiger charge is -1.97. The van der Waals surface area contributed by atoms with Crippen LogP contribution < -0.4 is 0 Å². The van der Waals surface area contributed by atoms with Crippen molar-refractivity contribution in [3.8, 4) is 0 Å². The quantitative estimate of drug-likeness (QED) is 0.454. The fourth-order valence-corrected chi connectivity index (χ4v) is 1.21. The molecule has 1 aromatic heterocycles. The summed E-state index contributed by atoms with van der Waals surface area (Å²) in [6.45, 7) is 0. The molecule has 0 spiro atoms. The van der Waals surface area contributed by atoms with Crippen molar-refractivity contribution in [1.82, 2.24) is 4.57 Å². The average molecular weight is 209 g/mol. The first kappa shape index (κ1) is 11.0. The number of carbonyl (C=O) groups is 2. The zero-order valence-corrected chi connectivity index (χ0v) is 8.43. The Labute approximate surface area is 86.6 Å². The van der Waals surface area contributed by atoms with Crippen LogP contribution in [0.25, 0.3) is 5.57 Å². The van der Waals surface area contributed by atoms with Gasteiger partial charge in [-0.25, -0.2) is 4.79 Å². The molecule has 0 aliphatic heterocycles. The average Bonchev–Trinajstić information content (AvgIpc) is 2.55. The van der Waals surface area contributed by atoms with Gasteiger partial charge in [0.2, 0.25) is 0 Å². The van der Waals surface area contributed by atoms with Gasteiger partial charge >= 0.3 is 5.97 Å². The first-order valence-corrected chi connectivity index (χ1v) is 4.18. The number of carboxylic acid groups (broad SMARTS) is 1. The highest BCUT2D eigenvalue weighted by Gasteiger charge is 2.13. The van der Waals surface area contributed by atoms with Crippen LogP contribution in [0, 0.1) is 0 Å². The zero-order valence-electron chi connectivity index (χ0n) is 8.43. The molecule has 0 saturated carbocycles. The summed E-state index contributed by atoms with van der Waals surface area (Å²) < 4.78 is 6.21. The van der Waals surface area contributed by atoms with Gasteiger partial charge in [0, 0.05) is 18.8 Å². The van der Waals surface area contributed by atoms with E-state index in [1.165, 1.54) is 13.2 Å². The predicted octanol–water partition coefficient (Wildman–Crippen LogP) is 0.910. The van der Waals surface area contributed by atoms with Crippen LogP contribution in [0.2, 0.25) is 0 Å². The second-order valence-electron chi connectivity index (χ2n) is 2.95. The lowest BCUT2D eigenvalue weighted by molar-refractivity contribution is -0.130. The van der Waals surface area contributed by atoms with E-state index in [1.807, 2.05) is 0 Å². The monoisotopic (exact) mass is 209 g/mol. The van der Waals surface area contributed by atoms with Gasteiger partial charge < -0.3 is 14.4 Å². The van der Waals surface area contributed by atoms with Gasteiger partial charge in [0.25, 0.3) is 0 Å². The van der Waals surface area contributed by atoms with Crippen LogP contribution in [-0.4, -0.2) is 29.0 Å². The minimum absolute atomic E-state index is 0.0150. The summed E-state index contributed by atoms with van der Waals surface area (Å²) in [7, 11) is 3.03. The molecule has 0 fully saturated rings. The molecule has 0 aliphatic rings. The number of aliphatic carboxylic acids is 1. The smallest absolute Gasteiger partial charge is 0.339 e. The standard InChI is InChI=1S/C10H11NO4/c1-11-4-7(3-8(11)5-12)9(6-15-2)10(13)14/h3-6H,1-2H3,(H,13,14). The van der Waals surface area contributed by atoms with E-state index in [2.05, 4.69) is 4.74 Å². The van der Waals surface area contributed by atoms with E-state index in [4.69, 9.17) is 5.11 Å². The number of rotatable bonds is 4. The summed E-state index contributed by atoms with van der Waals surface area (Å²) >= 11 is 0. The Kier molecular flexibility index (Phi) is 3.28. The highest BCUT2D eigenvalue weighted by molar-refractivity contribution is 6.15. The largest absolute Gasteiger partial charge is 0.503 e. The van der Waals surface area contributed by atoms with Gasteiger partial charge in [-0.05, 0) is 6.07 Å². The fraction of sp³-hybridized carbons (Fsp3) is 0.200. The Morgan fingerprint density at radius 3 is 2.67 bits per heavy atom. The fourth-order valence-electron chi connectivity index (χ4n) is 1.21. The Morgan fingerprint density at radius 1 is 1.60 bits per heavy atom. The van der Waals surface area contributed by atoms with E-state index in [9.17, 15) is 9.59 Å². The van der Waals surface area contributed by atoms with E-state index in [1.54, 1.807) is 17.8 Å². The molecule has 1 rings (SSSR count). The Hall–Kier alpha value is -2.04. The lowest BCUT2D eigenvalue weighted by atomic mass is 10.1. The molecule has 0 aliphatic carbocycles. The maximum Gasteiger partial charge on any atom is 0.339 e. The van der Waals surface area contributed by atoms with Gasteiger partial charge in [-0.15, -0.1) is 0 Å². The number of aldehydes is 1. The molecule has 0 bridgehead atoms. The summed E-state index contributed by atoms with van der Waals surface area (Å²) in [6.07, 6.45) is 3.35. The number of hydrogen-bond acceptors (Lipinski definition) is 3. The molecule has 0 radical (unpaired) electrons. The van der Waals surface area contributed by atoms with Crippen LogP contribution in [0.1, 0.15) is 16.1 Å². The molecule has 0 aromatic carbocycles. The van der Waals surface area contributed by atoms with Crippen molar-refractivity contribution in [1.29, 1.82) is 0 Å². The molecule has 15 heavy (non-hydrogen) atoms. The van der Waals surface area contributed by atoms with Crippen LogP contribution >= 0.6 is 0 Å². The summed E-state index contributed by atoms with van der Waals surface area (Å²) in [5, 5.41) is 8.88. The second kappa shape index (κ2) is 4.45. The highest BCUT2D eigenvalue weighted by atomic mass is 16.5. The first-order valence-electron chi connectivity index (χ1n) is 4.18. The number of carboxylic acids is 1. The number of methoxy groups -OCH3 is 1. The van der Waals surface area contributed by atoms with Gasteiger partial charge in [-0.3, -0.25) is 4.79 Å². The minimum atomic E-state index is -1.10. The van der Waals surface area contributed by atoms with E-state index < -0.39 is 5.97 Å². The number of hydrogen-bond donors (Lipinski definition) is 1. The van der Waals surface area contributed by atoms with Gasteiger partial charge in [0.05, 0.1) is 19.1 Å². The van der Waals surface area contributed by atoms with Crippen molar-refractivity contribution in [3.63, 3.8) is 0 Å². The molecule has 0 atom stereocenters. The van der Waals surface area contributed by atoms with Crippen LogP contribution in [0.15, 0.2) is 18.5 Å². The van der Waals surface area contributed by atoms with E-state index in [0.29, 0.717) is 17.5 Å². The third-order valence-electron chi connectivity index (χ3n) is 1.94. The number of ether oxygens (including phenoxy) is 1. The number of aromatic nitrogens is 1. The molecule has 1 aromatic rings. The molecule has 0 amide bonds. The van der Waals surface area contributed by atoms with Crippen molar-refractivity contribution in [2.45, 2.75) is 0 Å². The minimum Gasteiger partial charge on any atom is -0.503 e. The third-order valence-corrected chi connectivity index (χ3v) is 1.94. The van der Waals surface area contributed by atoms with Crippen LogP contribution in [-0.2, 0) is 16.6 Å². The number of nitrogens with zero attached hydrogens (tertiary/aromatic N) is 1. The molecule has 0 saturated heterocycles. The summed E-state index contributed by atoms with van der Waals surface area (Å²) in [5.41, 5.74) is 0.864. The van der Waals surface area contributed by atoms with Crippen molar-refractivity contribution < 1.29 is 19.4 Å². The van der Waals surface area contributed by atoms with Gasteiger partial charge in [-0.2, -0.15) is 0 Å². The SMILES string of the molecule is COC=C(C(=O)O)c1cc(C=O)n(C)c1. The Morgan fingerprint density at radius 2 is 2.27 bits per heavy atom. The predicted molar refractivity (Wildman–Crippen MR) is 53.4 cm³/mol. The molecule has 0 unspecified atom stereocenters. The molecule has 5 nitrogen and oxygen atoms in total. The maximum atomic E-state index is 10.9. The van der Waals surface area contributed by atoms with Crippen LogP contribution in [0.4, 0.5) is 0 Å². The number of aryl methyl sites for hydroxylation is 1. The van der Waals surface area contributed by atoms with Gasteiger partial charge in [0.1, 0.15) is 5.57 Å². The number of carbonyl (C=O) groups excluding carboxylic acids is 1. The summed E-state index contributed by atoms with van der Waals surface area (Å²) in [6, 6.07) is 1.49. The molecule has 80 valence electrons. The zero-order chi connectivity index (χ0) is 11.4. The molecule has 5 heteroatoms. The Bertz CT molecular complexity index is 417. The maximum absolute atomic E-state index is 10.9. The van der Waals surface area contributed by atoms with Gasteiger partial charge in [-0.1, -0.05) is 0 Å². The van der Waals surface area contributed by atoms with Crippen LogP contribution in [0.3, 0.4) is 0 Å². The van der Waals surface area contributed by atoms with E-state index in [0.717, 1.165) is 6.26 Å². The molecule has 1 heterocycles. The third kappa shape index (κ3) is 2.25. The second-order valence-corrected chi connectivity index (χ2v) is 2.95. The van der Waals surface area contributed by atoms with Crippen molar-refractivity contribution in [3.05, 3.63) is 29.8 Å². The Balaban J connectivity index is 3.18. The van der Waals surface area contributed by atoms with Crippen LogP contribution in [0.5, 0.6) is 0 Å². The van der Waals surface area contributed by atoms with Gasteiger partial charge in [0.15, 0.2) is 6.29 Å². The summed E-state index contributed by atoms with van der Waals surface area (Å²) in [5.74, 6) is -1.10. The normalized spacial score (nSPS) is 11.2. The highest BCUT2D eigenvalue weighted by Crippen LogP contribution is 2.17. The summed E-state index contributed by atoms with van der Waals surface area (Å²) in [4.78, 5) is 21.4.